The number of hydrogen-bond acceptors (Lipinski definition) is 3. The molecule has 0 spiro atoms. The number of hydrogen-bond donors (Lipinski definition) is 1. The summed E-state index contributed by atoms with van der Waals surface area (Å²) in [5.74, 6) is 0.293. The third-order valence-corrected chi connectivity index (χ3v) is 5.55. The zero-order valence-corrected chi connectivity index (χ0v) is 14.4. The second-order valence-electron chi connectivity index (χ2n) is 7.10. The smallest absolute Gasteiger partial charge is 0.230 e. The molecule has 1 atom stereocenters. The summed E-state index contributed by atoms with van der Waals surface area (Å²) in [6, 6.07) is 6.52. The van der Waals surface area contributed by atoms with Gasteiger partial charge in [-0.15, -0.1) is 0 Å². The van der Waals surface area contributed by atoms with Gasteiger partial charge in [0.05, 0.1) is 12.0 Å². The number of rotatable bonds is 7. The molecule has 1 aromatic carbocycles. The van der Waals surface area contributed by atoms with Crippen LogP contribution in [0.2, 0.25) is 0 Å². The van der Waals surface area contributed by atoms with Crippen LogP contribution in [0.4, 0.5) is 4.39 Å². The minimum Gasteiger partial charge on any atom is -0.383 e. The number of carbonyl (C=O) groups is 1. The average Bonchev–Trinajstić information content (AvgIpc) is 2.98. The molecule has 1 N–H and O–H groups in total. The summed E-state index contributed by atoms with van der Waals surface area (Å²) in [5.41, 5.74) is 0.301. The van der Waals surface area contributed by atoms with Gasteiger partial charge in [0.2, 0.25) is 5.91 Å². The predicted octanol–water partition coefficient (Wildman–Crippen LogP) is 2.33. The van der Waals surface area contributed by atoms with E-state index in [0.717, 1.165) is 57.5 Å². The van der Waals surface area contributed by atoms with Crippen LogP contribution in [0.3, 0.4) is 0 Å². The van der Waals surface area contributed by atoms with Gasteiger partial charge in [-0.1, -0.05) is 18.6 Å². The van der Waals surface area contributed by atoms with Gasteiger partial charge >= 0.3 is 0 Å². The average molecular weight is 334 g/mol. The number of likely N-dealkylation sites (tertiary alicyclic amines) is 1. The minimum atomic E-state index is -0.517. The number of ether oxygens (including phenoxy) is 1. The normalized spacial score (nSPS) is 23.0. The van der Waals surface area contributed by atoms with E-state index in [1.165, 1.54) is 12.1 Å². The van der Waals surface area contributed by atoms with Crippen LogP contribution < -0.4 is 5.32 Å². The first-order valence-electron chi connectivity index (χ1n) is 8.90. The van der Waals surface area contributed by atoms with E-state index in [9.17, 15) is 9.18 Å². The van der Waals surface area contributed by atoms with Crippen LogP contribution in [0.15, 0.2) is 24.3 Å². The summed E-state index contributed by atoms with van der Waals surface area (Å²) >= 11 is 0. The number of methoxy groups -OCH3 is 1. The summed E-state index contributed by atoms with van der Waals surface area (Å²) in [5, 5.41) is 3.14. The Hall–Kier alpha value is -1.46. The molecule has 1 unspecified atom stereocenters. The summed E-state index contributed by atoms with van der Waals surface area (Å²) < 4.78 is 18.7. The van der Waals surface area contributed by atoms with Crippen molar-refractivity contribution in [3.63, 3.8) is 0 Å². The number of benzene rings is 1. The number of carbonyl (C=O) groups excluding carboxylic acids is 1. The van der Waals surface area contributed by atoms with Crippen molar-refractivity contribution in [2.75, 3.05) is 39.9 Å². The Balaban J connectivity index is 1.55. The maximum absolute atomic E-state index is 13.6. The number of nitrogens with zero attached hydrogens (tertiary/aromatic N) is 1. The highest BCUT2D eigenvalue weighted by molar-refractivity contribution is 5.89. The largest absolute Gasteiger partial charge is 0.383 e. The molecular weight excluding hydrogens is 307 g/mol. The van der Waals surface area contributed by atoms with E-state index >= 15 is 0 Å². The van der Waals surface area contributed by atoms with Crippen LogP contribution in [0.5, 0.6) is 0 Å². The summed E-state index contributed by atoms with van der Waals surface area (Å²) in [6.07, 6.45) is 3.76. The Morgan fingerprint density at radius 2 is 2.29 bits per heavy atom. The maximum atomic E-state index is 13.6. The predicted molar refractivity (Wildman–Crippen MR) is 91.4 cm³/mol. The van der Waals surface area contributed by atoms with Crippen LogP contribution in [0.1, 0.15) is 31.2 Å². The third kappa shape index (κ3) is 3.62. The van der Waals surface area contributed by atoms with Gasteiger partial charge in [0.25, 0.3) is 0 Å². The Bertz CT molecular complexity index is 574. The van der Waals surface area contributed by atoms with Gasteiger partial charge in [-0.25, -0.2) is 4.39 Å². The molecular formula is C19H27FN2O2. The van der Waals surface area contributed by atoms with E-state index in [1.54, 1.807) is 13.2 Å². The fourth-order valence-corrected chi connectivity index (χ4v) is 3.87. The zero-order valence-electron chi connectivity index (χ0n) is 14.4. The summed E-state index contributed by atoms with van der Waals surface area (Å²) in [6.45, 7) is 4.49. The van der Waals surface area contributed by atoms with E-state index in [2.05, 4.69) is 10.2 Å². The second kappa shape index (κ2) is 7.62. The van der Waals surface area contributed by atoms with E-state index in [0.29, 0.717) is 12.5 Å². The van der Waals surface area contributed by atoms with Crippen molar-refractivity contribution in [1.82, 2.24) is 10.2 Å². The summed E-state index contributed by atoms with van der Waals surface area (Å²) in [4.78, 5) is 15.2. The van der Waals surface area contributed by atoms with Crippen molar-refractivity contribution >= 4 is 5.91 Å². The molecule has 0 bridgehead atoms. The zero-order chi connectivity index (χ0) is 17.0. The molecule has 4 nitrogen and oxygen atoms in total. The lowest BCUT2D eigenvalue weighted by atomic mass is 9.63. The Labute approximate surface area is 143 Å². The fourth-order valence-electron chi connectivity index (χ4n) is 3.87. The van der Waals surface area contributed by atoms with Crippen LogP contribution in [-0.2, 0) is 14.9 Å². The lowest BCUT2D eigenvalue weighted by Gasteiger charge is -2.41. The fraction of sp³-hybridized carbons (Fsp3) is 0.632. The van der Waals surface area contributed by atoms with Crippen molar-refractivity contribution in [3.05, 3.63) is 35.6 Å². The monoisotopic (exact) mass is 334 g/mol. The standard InChI is InChI=1S/C19H27FN2O2/c1-24-11-10-22-9-6-15(14-22)13-21-18(23)19(7-3-8-19)16-4-2-5-17(20)12-16/h2,4-5,12,15H,3,6-11,13-14H2,1H3,(H,21,23). The SMILES string of the molecule is COCCN1CCC(CNC(=O)C2(c3cccc(F)c3)CCC2)C1. The molecule has 0 radical (unpaired) electrons. The third-order valence-electron chi connectivity index (χ3n) is 5.55. The molecule has 1 aliphatic heterocycles. The quantitative estimate of drug-likeness (QED) is 0.832. The first kappa shape index (κ1) is 17.4. The number of amides is 1. The highest BCUT2D eigenvalue weighted by Crippen LogP contribution is 2.44. The molecule has 5 heteroatoms. The molecule has 2 aliphatic rings. The van der Waals surface area contributed by atoms with E-state index in [1.807, 2.05) is 6.07 Å². The molecule has 24 heavy (non-hydrogen) atoms. The van der Waals surface area contributed by atoms with E-state index < -0.39 is 5.41 Å². The van der Waals surface area contributed by atoms with Crippen LogP contribution in [0.25, 0.3) is 0 Å². The lowest BCUT2D eigenvalue weighted by molar-refractivity contribution is -0.130. The topological polar surface area (TPSA) is 41.6 Å². The molecule has 2 fully saturated rings. The maximum Gasteiger partial charge on any atom is 0.230 e. The van der Waals surface area contributed by atoms with Gasteiger partial charge in [0.1, 0.15) is 5.82 Å². The molecule has 3 rings (SSSR count). The highest BCUT2D eigenvalue weighted by atomic mass is 19.1. The molecule has 1 heterocycles. The van der Waals surface area contributed by atoms with Gasteiger partial charge < -0.3 is 15.0 Å². The Morgan fingerprint density at radius 1 is 1.46 bits per heavy atom. The van der Waals surface area contributed by atoms with E-state index in [-0.39, 0.29) is 11.7 Å². The lowest BCUT2D eigenvalue weighted by Crippen LogP contribution is -2.50. The van der Waals surface area contributed by atoms with Crippen molar-refractivity contribution in [3.8, 4) is 0 Å². The molecule has 1 aliphatic carbocycles. The number of nitrogens with one attached hydrogen (secondary N) is 1. The molecule has 0 aromatic heterocycles. The van der Waals surface area contributed by atoms with Crippen molar-refractivity contribution < 1.29 is 13.9 Å². The van der Waals surface area contributed by atoms with Crippen molar-refractivity contribution in [2.24, 2.45) is 5.92 Å². The minimum absolute atomic E-state index is 0.0645. The molecule has 132 valence electrons. The Morgan fingerprint density at radius 3 is 2.96 bits per heavy atom. The van der Waals surface area contributed by atoms with Crippen LogP contribution in [0, 0.1) is 11.7 Å². The molecule has 1 amide bonds. The van der Waals surface area contributed by atoms with Gasteiger partial charge in [0, 0.05) is 26.7 Å². The first-order valence-corrected chi connectivity index (χ1v) is 8.90. The second-order valence-corrected chi connectivity index (χ2v) is 7.10. The van der Waals surface area contributed by atoms with Gasteiger partial charge in [-0.2, -0.15) is 0 Å². The Kier molecular flexibility index (Phi) is 5.51. The van der Waals surface area contributed by atoms with Crippen LogP contribution in [-0.4, -0.2) is 50.7 Å². The van der Waals surface area contributed by atoms with Gasteiger partial charge in [0.15, 0.2) is 0 Å². The van der Waals surface area contributed by atoms with Crippen molar-refractivity contribution in [2.45, 2.75) is 31.1 Å². The van der Waals surface area contributed by atoms with Crippen molar-refractivity contribution in [1.29, 1.82) is 0 Å². The molecule has 1 saturated carbocycles. The van der Waals surface area contributed by atoms with Crippen LogP contribution >= 0.6 is 0 Å². The number of halogens is 1. The first-order chi connectivity index (χ1) is 11.6. The van der Waals surface area contributed by atoms with Gasteiger partial charge in [-0.05, 0) is 49.4 Å². The highest BCUT2D eigenvalue weighted by Gasteiger charge is 2.45. The van der Waals surface area contributed by atoms with Gasteiger partial charge in [-0.3, -0.25) is 4.79 Å². The molecule has 1 saturated heterocycles. The summed E-state index contributed by atoms with van der Waals surface area (Å²) in [7, 11) is 1.72. The molecule has 1 aromatic rings. The van der Waals surface area contributed by atoms with E-state index in [4.69, 9.17) is 4.74 Å².